The van der Waals surface area contributed by atoms with Gasteiger partial charge in [0.25, 0.3) is 5.91 Å². The monoisotopic (exact) mass is 392 g/mol. The lowest BCUT2D eigenvalue weighted by Gasteiger charge is -2.28. The third-order valence-electron chi connectivity index (χ3n) is 5.05. The van der Waals surface area contributed by atoms with Gasteiger partial charge in [-0.2, -0.15) is 0 Å². The van der Waals surface area contributed by atoms with Crippen molar-refractivity contribution in [3.63, 3.8) is 0 Å². The summed E-state index contributed by atoms with van der Waals surface area (Å²) in [5.74, 6) is 0.723. The molecule has 1 aromatic rings. The first-order valence-corrected chi connectivity index (χ1v) is 10.6. The second-order valence-electron chi connectivity index (χ2n) is 7.40. The lowest BCUT2D eigenvalue weighted by molar-refractivity contribution is -0.139. The van der Waals surface area contributed by atoms with E-state index in [9.17, 15) is 4.79 Å². The average Bonchev–Trinajstić information content (AvgIpc) is 2.72. The summed E-state index contributed by atoms with van der Waals surface area (Å²) in [6, 6.07) is 7.55. The maximum absolute atomic E-state index is 12.7. The minimum absolute atomic E-state index is 0.0954. The number of rotatable bonds is 12. The highest BCUT2D eigenvalue weighted by Gasteiger charge is 2.33. The smallest absolute Gasteiger partial charge is 0.256 e. The van der Waals surface area contributed by atoms with Crippen LogP contribution in [0.2, 0.25) is 0 Å². The summed E-state index contributed by atoms with van der Waals surface area (Å²) in [4.78, 5) is 15.1. The average molecular weight is 393 g/mol. The molecule has 158 valence electrons. The first-order chi connectivity index (χ1) is 13.6. The van der Waals surface area contributed by atoms with Crippen LogP contribution in [0.4, 0.5) is 5.69 Å². The Morgan fingerprint density at radius 1 is 1.18 bits per heavy atom. The van der Waals surface area contributed by atoms with Crippen molar-refractivity contribution in [2.45, 2.75) is 52.1 Å². The van der Waals surface area contributed by atoms with Crippen LogP contribution in [0.5, 0.6) is 5.75 Å². The minimum Gasteiger partial charge on any atom is -0.494 e. The van der Waals surface area contributed by atoms with Crippen LogP contribution in [0.1, 0.15) is 46.5 Å². The zero-order valence-electron chi connectivity index (χ0n) is 17.7. The normalized spacial score (nSPS) is 17.1. The lowest BCUT2D eigenvalue weighted by atomic mass is 9.97. The molecule has 1 atom stereocenters. The molecular formula is C22H36N2O4. The molecule has 1 saturated heterocycles. The number of ether oxygens (including phenoxy) is 3. The predicted molar refractivity (Wildman–Crippen MR) is 112 cm³/mol. The zero-order chi connectivity index (χ0) is 20.2. The molecule has 1 amide bonds. The van der Waals surface area contributed by atoms with Crippen molar-refractivity contribution in [2.75, 3.05) is 51.4 Å². The third-order valence-corrected chi connectivity index (χ3v) is 5.05. The van der Waals surface area contributed by atoms with E-state index in [0.29, 0.717) is 19.6 Å². The first kappa shape index (κ1) is 22.7. The van der Waals surface area contributed by atoms with Gasteiger partial charge in [0.05, 0.1) is 19.8 Å². The Morgan fingerprint density at radius 2 is 1.89 bits per heavy atom. The van der Waals surface area contributed by atoms with Gasteiger partial charge in [-0.3, -0.25) is 9.69 Å². The summed E-state index contributed by atoms with van der Waals surface area (Å²) in [5, 5.41) is 2.98. The number of morpholine rings is 1. The Kier molecular flexibility index (Phi) is 9.75. The molecule has 0 aliphatic carbocycles. The standard InChI is InChI=1S/C22H36N2O4/c1-4-6-12-22(3,28-5-2)21(25)23-19-8-10-20(11-9-19)27-16-7-13-24-14-17-26-18-15-24/h8-11H,4-7,12-18H2,1-3H3,(H,23,25). The quantitative estimate of drug-likeness (QED) is 0.550. The fourth-order valence-electron chi connectivity index (χ4n) is 3.28. The molecule has 0 saturated carbocycles. The lowest BCUT2D eigenvalue weighted by Crippen LogP contribution is -2.42. The number of anilines is 1. The highest BCUT2D eigenvalue weighted by atomic mass is 16.5. The number of nitrogens with one attached hydrogen (secondary N) is 1. The second-order valence-corrected chi connectivity index (χ2v) is 7.40. The molecule has 0 aromatic heterocycles. The van der Waals surface area contributed by atoms with Gasteiger partial charge in [0.15, 0.2) is 0 Å². The predicted octanol–water partition coefficient (Wildman–Crippen LogP) is 3.71. The van der Waals surface area contributed by atoms with Crippen LogP contribution >= 0.6 is 0 Å². The third kappa shape index (κ3) is 7.41. The summed E-state index contributed by atoms with van der Waals surface area (Å²) in [6.45, 7) is 11.8. The maximum atomic E-state index is 12.7. The molecule has 0 radical (unpaired) electrons. The number of unbranched alkanes of at least 4 members (excludes halogenated alkanes) is 1. The van der Waals surface area contributed by atoms with Crippen LogP contribution in [0.15, 0.2) is 24.3 Å². The maximum Gasteiger partial charge on any atom is 0.256 e. The van der Waals surface area contributed by atoms with E-state index in [4.69, 9.17) is 14.2 Å². The van der Waals surface area contributed by atoms with E-state index in [0.717, 1.165) is 63.5 Å². The number of hydrogen-bond acceptors (Lipinski definition) is 5. The van der Waals surface area contributed by atoms with Crippen LogP contribution in [0.3, 0.4) is 0 Å². The number of benzene rings is 1. The van der Waals surface area contributed by atoms with Crippen molar-refractivity contribution in [1.29, 1.82) is 0 Å². The molecule has 2 rings (SSSR count). The van der Waals surface area contributed by atoms with E-state index in [-0.39, 0.29) is 5.91 Å². The second kappa shape index (κ2) is 12.0. The van der Waals surface area contributed by atoms with E-state index in [1.807, 2.05) is 38.1 Å². The van der Waals surface area contributed by atoms with Crippen LogP contribution in [-0.2, 0) is 14.3 Å². The number of carbonyl (C=O) groups is 1. The molecule has 1 heterocycles. The molecule has 1 aliphatic heterocycles. The van der Waals surface area contributed by atoms with Gasteiger partial charge in [-0.05, 0) is 51.0 Å². The van der Waals surface area contributed by atoms with Gasteiger partial charge in [-0.1, -0.05) is 19.8 Å². The molecule has 6 heteroatoms. The van der Waals surface area contributed by atoms with Crippen LogP contribution in [-0.4, -0.2) is 62.5 Å². The highest BCUT2D eigenvalue weighted by Crippen LogP contribution is 2.23. The van der Waals surface area contributed by atoms with Gasteiger partial charge in [0.1, 0.15) is 11.4 Å². The van der Waals surface area contributed by atoms with Gasteiger partial charge in [-0.15, -0.1) is 0 Å². The molecule has 1 aliphatic rings. The SMILES string of the molecule is CCCCC(C)(OCC)C(=O)Nc1ccc(OCCCN2CCOCC2)cc1. The largest absolute Gasteiger partial charge is 0.494 e. The summed E-state index contributed by atoms with van der Waals surface area (Å²) in [7, 11) is 0. The van der Waals surface area contributed by atoms with E-state index >= 15 is 0 Å². The fourth-order valence-corrected chi connectivity index (χ4v) is 3.28. The van der Waals surface area contributed by atoms with Crippen LogP contribution in [0, 0.1) is 0 Å². The van der Waals surface area contributed by atoms with Gasteiger partial charge in [0.2, 0.25) is 0 Å². The Labute approximate surface area is 169 Å². The number of amides is 1. The fraction of sp³-hybridized carbons (Fsp3) is 0.682. The van der Waals surface area contributed by atoms with Crippen molar-refractivity contribution >= 4 is 11.6 Å². The number of carbonyl (C=O) groups excluding carboxylic acids is 1. The minimum atomic E-state index is -0.792. The van der Waals surface area contributed by atoms with E-state index in [1.54, 1.807) is 0 Å². The summed E-state index contributed by atoms with van der Waals surface area (Å²) < 4.78 is 16.9. The zero-order valence-corrected chi connectivity index (χ0v) is 17.7. The molecular weight excluding hydrogens is 356 g/mol. The molecule has 6 nitrogen and oxygen atoms in total. The molecule has 28 heavy (non-hydrogen) atoms. The van der Waals surface area contributed by atoms with Gasteiger partial charge >= 0.3 is 0 Å². The molecule has 0 spiro atoms. The first-order valence-electron chi connectivity index (χ1n) is 10.6. The van der Waals surface area contributed by atoms with Gasteiger partial charge < -0.3 is 19.5 Å². The molecule has 1 N–H and O–H groups in total. The molecule has 1 aromatic carbocycles. The van der Waals surface area contributed by atoms with Crippen LogP contribution in [0.25, 0.3) is 0 Å². The van der Waals surface area contributed by atoms with Gasteiger partial charge in [-0.25, -0.2) is 0 Å². The van der Waals surface area contributed by atoms with Crippen molar-refractivity contribution in [3.05, 3.63) is 24.3 Å². The number of hydrogen-bond donors (Lipinski definition) is 1. The Morgan fingerprint density at radius 3 is 2.54 bits per heavy atom. The van der Waals surface area contributed by atoms with Crippen molar-refractivity contribution in [1.82, 2.24) is 4.90 Å². The molecule has 0 bridgehead atoms. The highest BCUT2D eigenvalue weighted by molar-refractivity contribution is 5.97. The Hall–Kier alpha value is -1.63. The topological polar surface area (TPSA) is 60.0 Å². The summed E-state index contributed by atoms with van der Waals surface area (Å²) >= 11 is 0. The van der Waals surface area contributed by atoms with Crippen molar-refractivity contribution in [2.24, 2.45) is 0 Å². The van der Waals surface area contributed by atoms with E-state index < -0.39 is 5.60 Å². The van der Waals surface area contributed by atoms with Gasteiger partial charge in [0, 0.05) is 31.9 Å². The summed E-state index contributed by atoms with van der Waals surface area (Å²) in [6.07, 6.45) is 3.70. The number of nitrogens with zero attached hydrogens (tertiary/aromatic N) is 1. The van der Waals surface area contributed by atoms with Crippen LogP contribution < -0.4 is 10.1 Å². The Balaban J connectivity index is 1.76. The molecule has 1 unspecified atom stereocenters. The van der Waals surface area contributed by atoms with Crippen molar-refractivity contribution in [3.8, 4) is 5.75 Å². The van der Waals surface area contributed by atoms with E-state index in [1.165, 1.54) is 0 Å². The van der Waals surface area contributed by atoms with Crippen molar-refractivity contribution < 1.29 is 19.0 Å². The summed E-state index contributed by atoms with van der Waals surface area (Å²) in [5.41, 5.74) is -0.0347. The Bertz CT molecular complexity index is 572. The molecule has 1 fully saturated rings. The van der Waals surface area contributed by atoms with E-state index in [2.05, 4.69) is 17.1 Å².